The average Bonchev–Trinajstić information content (AvgIpc) is 3.30. The van der Waals surface area contributed by atoms with Gasteiger partial charge in [0, 0.05) is 25.0 Å². The molecule has 0 radical (unpaired) electrons. The van der Waals surface area contributed by atoms with Crippen LogP contribution in [0.2, 0.25) is 5.02 Å². The second-order valence-corrected chi connectivity index (χ2v) is 9.88. The number of aliphatic hydroxyl groups excluding tert-OH is 2. The Hall–Kier alpha value is -2.97. The number of hydrogen-bond acceptors (Lipinski definition) is 9. The van der Waals surface area contributed by atoms with Crippen LogP contribution in [-0.2, 0) is 9.59 Å². The lowest BCUT2D eigenvalue weighted by atomic mass is 9.92. The maximum Gasteiger partial charge on any atom is 0.335 e. The number of nitrogens with two attached hydrogens (primary N) is 1. The zero-order valence-corrected chi connectivity index (χ0v) is 21.0. The first-order chi connectivity index (χ1) is 17.0. The maximum absolute atomic E-state index is 15.1. The Bertz CT molecular complexity index is 1110. The number of rotatable bonds is 8. The van der Waals surface area contributed by atoms with Gasteiger partial charge in [-0.15, -0.1) is 0 Å². The molecular weight excluding hydrogens is 517 g/mol. The van der Waals surface area contributed by atoms with Crippen molar-refractivity contribution in [3.05, 3.63) is 29.0 Å². The molecule has 206 valence electrons. The van der Waals surface area contributed by atoms with Gasteiger partial charge in [0.05, 0.1) is 34.7 Å². The number of aliphatic carboxylic acids is 2. The molecule has 1 fully saturated rings. The zero-order valence-electron chi connectivity index (χ0n) is 20.3. The normalized spacial score (nSPS) is 17.4. The topological polar surface area (TPSA) is 207 Å². The number of carbonyl (C=O) groups excluding carboxylic acids is 1. The van der Waals surface area contributed by atoms with Gasteiger partial charge >= 0.3 is 11.9 Å². The number of aliphatic hydroxyl groups is 3. The van der Waals surface area contributed by atoms with Gasteiger partial charge in [-0.25, -0.2) is 14.0 Å². The fourth-order valence-corrected chi connectivity index (χ4v) is 3.95. The van der Waals surface area contributed by atoms with Gasteiger partial charge in [0.15, 0.2) is 12.2 Å². The molecule has 0 spiro atoms. The molecule has 1 aromatic heterocycles. The molecule has 0 saturated carbocycles. The highest BCUT2D eigenvalue weighted by Crippen LogP contribution is 2.33. The lowest BCUT2D eigenvalue weighted by Gasteiger charge is -2.38. The fourth-order valence-electron chi connectivity index (χ4n) is 3.74. The minimum absolute atomic E-state index is 0.0909. The molecule has 0 aliphatic carbocycles. The average molecular weight is 548 g/mol. The third-order valence-corrected chi connectivity index (χ3v) is 6.02. The number of nitrogen functional groups attached to an aromatic ring is 1. The van der Waals surface area contributed by atoms with Gasteiger partial charge in [0.25, 0.3) is 5.91 Å². The van der Waals surface area contributed by atoms with E-state index in [4.69, 9.17) is 42.2 Å². The molecular formula is C23H31ClFN3O9. The maximum atomic E-state index is 15.1. The predicted octanol–water partition coefficient (Wildman–Crippen LogP) is 0.851. The van der Waals surface area contributed by atoms with E-state index in [1.54, 1.807) is 19.9 Å². The fraction of sp³-hybridized carbons (Fsp3) is 0.522. The lowest BCUT2D eigenvalue weighted by Crippen LogP contribution is -2.50. The van der Waals surface area contributed by atoms with Crippen molar-refractivity contribution in [2.24, 2.45) is 0 Å². The van der Waals surface area contributed by atoms with Crippen LogP contribution in [0.15, 0.2) is 22.8 Å². The highest BCUT2D eigenvalue weighted by Gasteiger charge is 2.36. The van der Waals surface area contributed by atoms with Crippen LogP contribution in [0.25, 0.3) is 11.0 Å². The molecule has 1 saturated heterocycles. The number of carboxylic acid groups (broad SMARTS) is 2. The largest absolute Gasteiger partial charge is 0.479 e. The van der Waals surface area contributed by atoms with Crippen LogP contribution in [-0.4, -0.2) is 97.9 Å². The van der Waals surface area contributed by atoms with Gasteiger partial charge in [0.2, 0.25) is 0 Å². The summed E-state index contributed by atoms with van der Waals surface area (Å²) in [7, 11) is 0. The third-order valence-electron chi connectivity index (χ3n) is 5.71. The predicted molar refractivity (Wildman–Crippen MR) is 131 cm³/mol. The first-order valence-electron chi connectivity index (χ1n) is 11.2. The van der Waals surface area contributed by atoms with E-state index in [0.717, 1.165) is 0 Å². The van der Waals surface area contributed by atoms with E-state index in [1.807, 2.05) is 4.90 Å². The minimum Gasteiger partial charge on any atom is -0.479 e. The highest BCUT2D eigenvalue weighted by atomic mass is 35.5. The smallest absolute Gasteiger partial charge is 0.335 e. The Morgan fingerprint density at radius 2 is 1.76 bits per heavy atom. The number of likely N-dealkylation sites (tertiary alicyclic amines) is 1. The molecule has 0 unspecified atom stereocenters. The van der Waals surface area contributed by atoms with Crippen LogP contribution in [0.4, 0.5) is 10.1 Å². The number of hydrogen-bond donors (Lipinski definition) is 7. The highest BCUT2D eigenvalue weighted by molar-refractivity contribution is 6.35. The van der Waals surface area contributed by atoms with Gasteiger partial charge in [-0.1, -0.05) is 11.6 Å². The number of anilines is 1. The van der Waals surface area contributed by atoms with Gasteiger partial charge in [-0.05, 0) is 38.8 Å². The molecule has 1 amide bonds. The summed E-state index contributed by atoms with van der Waals surface area (Å²) in [5.41, 5.74) is 4.52. The number of carbonyl (C=O) groups is 3. The van der Waals surface area contributed by atoms with Crippen LogP contribution >= 0.6 is 11.6 Å². The van der Waals surface area contributed by atoms with Crippen LogP contribution in [0.1, 0.15) is 37.0 Å². The molecule has 3 rings (SSSR count). The van der Waals surface area contributed by atoms with Crippen molar-refractivity contribution >= 4 is 46.1 Å². The molecule has 2 aromatic rings. The number of benzene rings is 1. The number of fused-ring (bicyclic) bond motifs is 1. The van der Waals surface area contributed by atoms with Crippen LogP contribution < -0.4 is 11.1 Å². The summed E-state index contributed by atoms with van der Waals surface area (Å²) in [4.78, 5) is 34.2. The third kappa shape index (κ3) is 8.27. The molecule has 12 nitrogen and oxygen atoms in total. The number of halogens is 2. The van der Waals surface area contributed by atoms with Crippen molar-refractivity contribution in [3.8, 4) is 0 Å². The summed E-state index contributed by atoms with van der Waals surface area (Å²) in [6.07, 6.45) is -2.51. The van der Waals surface area contributed by atoms with Crippen molar-refractivity contribution < 1.29 is 48.7 Å². The summed E-state index contributed by atoms with van der Waals surface area (Å²) in [5.74, 6) is -3.99. The van der Waals surface area contributed by atoms with Crippen molar-refractivity contribution in [1.82, 2.24) is 10.2 Å². The SMILES string of the molecule is CC(C)(O)CN1CCC(F)(CNC(=O)c2cc(Cl)c(N)c3ccoc23)CC1.O=C(O)[C@H](O)[C@@H](O)C(=O)O. The Kier molecular flexibility index (Phi) is 9.85. The molecule has 1 aliphatic rings. The second kappa shape index (κ2) is 12.0. The standard InChI is InChI=1S/C19H25ClFN3O3.C4H6O6/c1-18(2,26)11-24-6-4-19(21,5-7-24)10-23-17(25)13-9-14(20)15(22)12-3-8-27-16(12)13;5-1(3(7)8)2(6)4(9)10/h3,8-9,26H,4-7,10-11,22H2,1-2H3,(H,23,25);1-2,5-6H,(H,7,8)(H,9,10)/t;1-,2-/m.1/s1. The van der Waals surface area contributed by atoms with E-state index in [2.05, 4.69) is 5.32 Å². The Labute approximate surface area is 216 Å². The van der Waals surface area contributed by atoms with Gasteiger partial charge in [0.1, 0.15) is 11.3 Å². The molecule has 1 aliphatic heterocycles. The molecule has 14 heteroatoms. The number of nitrogens with zero attached hydrogens (tertiary/aromatic N) is 1. The van der Waals surface area contributed by atoms with Gasteiger partial charge in [-0.3, -0.25) is 4.79 Å². The Morgan fingerprint density at radius 1 is 1.22 bits per heavy atom. The van der Waals surface area contributed by atoms with E-state index in [-0.39, 0.29) is 17.1 Å². The lowest BCUT2D eigenvalue weighted by molar-refractivity contribution is -0.165. The molecule has 0 bridgehead atoms. The van der Waals surface area contributed by atoms with Crippen LogP contribution in [0.5, 0.6) is 0 Å². The van der Waals surface area contributed by atoms with E-state index in [1.165, 1.54) is 12.3 Å². The van der Waals surface area contributed by atoms with E-state index >= 15 is 4.39 Å². The van der Waals surface area contributed by atoms with Crippen molar-refractivity contribution in [3.63, 3.8) is 0 Å². The van der Waals surface area contributed by atoms with Crippen LogP contribution in [0.3, 0.4) is 0 Å². The van der Waals surface area contributed by atoms with Gasteiger partial charge in [-0.2, -0.15) is 0 Å². The number of piperidine rings is 1. The number of furan rings is 1. The monoisotopic (exact) mass is 547 g/mol. The first kappa shape index (κ1) is 30.3. The minimum atomic E-state index is -2.27. The number of β-amino-alcohol motifs (C(OH)–C–C–N with tert-alkyl or cyclic N) is 1. The molecule has 8 N–H and O–H groups in total. The number of nitrogens with one attached hydrogen (secondary N) is 1. The summed E-state index contributed by atoms with van der Waals surface area (Å²) >= 11 is 6.09. The molecule has 2 heterocycles. The Morgan fingerprint density at radius 3 is 2.24 bits per heavy atom. The van der Waals surface area contributed by atoms with Crippen molar-refractivity contribution in [1.29, 1.82) is 0 Å². The quantitative estimate of drug-likeness (QED) is 0.230. The van der Waals surface area contributed by atoms with Crippen LogP contribution in [0, 0.1) is 0 Å². The number of amides is 1. The number of carboxylic acids is 2. The second-order valence-electron chi connectivity index (χ2n) is 9.47. The zero-order chi connectivity index (χ0) is 28.1. The van der Waals surface area contributed by atoms with E-state index in [0.29, 0.717) is 49.1 Å². The summed E-state index contributed by atoms with van der Waals surface area (Å²) in [5, 5.41) is 45.9. The molecule has 37 heavy (non-hydrogen) atoms. The Balaban J connectivity index is 0.000000410. The molecule has 2 atom stereocenters. The van der Waals surface area contributed by atoms with E-state index in [9.17, 15) is 19.5 Å². The van der Waals surface area contributed by atoms with Crippen molar-refractivity contribution in [2.75, 3.05) is 31.9 Å². The summed E-state index contributed by atoms with van der Waals surface area (Å²) in [6, 6.07) is 3.08. The summed E-state index contributed by atoms with van der Waals surface area (Å²) < 4.78 is 20.4. The first-order valence-corrected chi connectivity index (χ1v) is 11.6. The summed E-state index contributed by atoms with van der Waals surface area (Å²) in [6.45, 7) is 4.94. The van der Waals surface area contributed by atoms with E-state index < -0.39 is 41.3 Å². The van der Waals surface area contributed by atoms with Crippen molar-refractivity contribution in [2.45, 2.75) is 50.2 Å². The number of alkyl halides is 1. The molecule has 1 aromatic carbocycles. The van der Waals surface area contributed by atoms with Gasteiger partial charge < -0.3 is 45.9 Å².